The molecule has 3 heterocycles. The van der Waals surface area contributed by atoms with Gasteiger partial charge in [-0.3, -0.25) is 4.79 Å². The molecule has 3 N–H and O–H groups in total. The second-order valence-corrected chi connectivity index (χ2v) is 6.77. The number of piperazine rings is 1. The van der Waals surface area contributed by atoms with Gasteiger partial charge in [0.15, 0.2) is 0 Å². The van der Waals surface area contributed by atoms with Gasteiger partial charge in [0.1, 0.15) is 5.56 Å². The van der Waals surface area contributed by atoms with Gasteiger partial charge in [0.05, 0.1) is 5.69 Å². The van der Waals surface area contributed by atoms with Gasteiger partial charge in [-0.1, -0.05) is 19.1 Å². The number of aromatic amines is 1. The summed E-state index contributed by atoms with van der Waals surface area (Å²) in [4.78, 5) is 28.4. The van der Waals surface area contributed by atoms with Gasteiger partial charge < -0.3 is 20.3 Å². The highest BCUT2D eigenvalue weighted by atomic mass is 16.4. The summed E-state index contributed by atoms with van der Waals surface area (Å²) in [5, 5.41) is 12.6. The molecule has 0 spiro atoms. The van der Waals surface area contributed by atoms with Gasteiger partial charge >= 0.3 is 5.97 Å². The summed E-state index contributed by atoms with van der Waals surface area (Å²) in [5.74, 6) is -1.20. The average molecular weight is 339 g/mol. The van der Waals surface area contributed by atoms with Crippen LogP contribution in [0.25, 0.3) is 11.3 Å². The number of carboxylic acid groups (broad SMARTS) is 1. The predicted octanol–water partition coefficient (Wildman–Crippen LogP) is 1.85. The van der Waals surface area contributed by atoms with Crippen molar-refractivity contribution < 1.29 is 9.90 Å². The van der Waals surface area contributed by atoms with Gasteiger partial charge in [0.2, 0.25) is 0 Å². The van der Waals surface area contributed by atoms with Crippen molar-refractivity contribution in [1.82, 2.24) is 10.3 Å². The molecule has 2 saturated heterocycles. The van der Waals surface area contributed by atoms with Crippen molar-refractivity contribution in [2.75, 3.05) is 18.0 Å². The molecule has 4 rings (SSSR count). The number of anilines is 1. The SMILES string of the molecule is CCc1cc(C(=O)O)c(=O)[nH]c1-c1ccc(N2CC3CC2CN3)cc1. The van der Waals surface area contributed by atoms with Gasteiger partial charge in [0, 0.05) is 30.9 Å². The fourth-order valence-electron chi connectivity index (χ4n) is 3.96. The van der Waals surface area contributed by atoms with Crippen molar-refractivity contribution in [2.24, 2.45) is 0 Å². The minimum absolute atomic E-state index is 0.210. The largest absolute Gasteiger partial charge is 0.477 e. The molecule has 2 aliphatic rings. The number of nitrogens with zero attached hydrogens (tertiary/aromatic N) is 1. The molecule has 2 aromatic rings. The van der Waals surface area contributed by atoms with E-state index in [0.29, 0.717) is 24.2 Å². The number of aromatic nitrogens is 1. The number of benzene rings is 1. The predicted molar refractivity (Wildman–Crippen MR) is 96.4 cm³/mol. The highest BCUT2D eigenvalue weighted by Crippen LogP contribution is 2.31. The Morgan fingerprint density at radius 3 is 2.64 bits per heavy atom. The molecule has 6 heteroatoms. The molecule has 2 fully saturated rings. The first-order valence-corrected chi connectivity index (χ1v) is 8.66. The number of fused-ring (bicyclic) bond motifs is 2. The van der Waals surface area contributed by atoms with E-state index in [4.69, 9.17) is 5.11 Å². The molecule has 6 nitrogen and oxygen atoms in total. The van der Waals surface area contributed by atoms with Crippen LogP contribution < -0.4 is 15.8 Å². The molecule has 0 saturated carbocycles. The molecule has 130 valence electrons. The summed E-state index contributed by atoms with van der Waals surface area (Å²) in [6, 6.07) is 10.8. The molecule has 0 radical (unpaired) electrons. The van der Waals surface area contributed by atoms with E-state index in [9.17, 15) is 9.59 Å². The number of aryl methyl sites for hydroxylation is 1. The van der Waals surface area contributed by atoms with Gasteiger partial charge in [0.25, 0.3) is 5.56 Å². The molecule has 0 amide bonds. The van der Waals surface area contributed by atoms with E-state index in [1.165, 1.54) is 18.2 Å². The third-order valence-electron chi connectivity index (χ3n) is 5.28. The molecule has 2 bridgehead atoms. The lowest BCUT2D eigenvalue weighted by Gasteiger charge is -2.29. The Morgan fingerprint density at radius 1 is 1.32 bits per heavy atom. The van der Waals surface area contributed by atoms with Crippen LogP contribution in [0.15, 0.2) is 35.1 Å². The standard InChI is InChI=1S/C19H21N3O3/c1-2-11-7-16(19(24)25)18(23)21-17(11)12-3-5-14(6-4-12)22-10-13-8-15(22)9-20-13/h3-7,13,15,20H,2,8-10H2,1H3,(H,21,23)(H,24,25). The first kappa shape index (κ1) is 15.9. The third-order valence-corrected chi connectivity index (χ3v) is 5.28. The van der Waals surface area contributed by atoms with Crippen molar-refractivity contribution in [1.29, 1.82) is 0 Å². The highest BCUT2D eigenvalue weighted by Gasteiger charge is 2.37. The van der Waals surface area contributed by atoms with Crippen LogP contribution in [0.4, 0.5) is 5.69 Å². The molecular formula is C19H21N3O3. The highest BCUT2D eigenvalue weighted by molar-refractivity contribution is 5.88. The lowest BCUT2D eigenvalue weighted by molar-refractivity contribution is 0.0695. The van der Waals surface area contributed by atoms with Crippen LogP contribution in [0.5, 0.6) is 0 Å². The van der Waals surface area contributed by atoms with Gasteiger partial charge in [-0.15, -0.1) is 0 Å². The summed E-state index contributed by atoms with van der Waals surface area (Å²) < 4.78 is 0. The summed E-state index contributed by atoms with van der Waals surface area (Å²) in [6.45, 7) is 4.02. The Bertz CT molecular complexity index is 872. The molecule has 1 aromatic carbocycles. The lowest BCUT2D eigenvalue weighted by atomic mass is 10.0. The maximum absolute atomic E-state index is 12.0. The number of carbonyl (C=O) groups is 1. The minimum atomic E-state index is -1.20. The van der Waals surface area contributed by atoms with Crippen molar-refractivity contribution in [3.63, 3.8) is 0 Å². The summed E-state index contributed by atoms with van der Waals surface area (Å²) in [5.41, 5.74) is 2.85. The van der Waals surface area contributed by atoms with Gasteiger partial charge in [-0.05, 0) is 42.2 Å². The first-order valence-electron chi connectivity index (χ1n) is 8.66. The van der Waals surface area contributed by atoms with Crippen LogP contribution in [0.3, 0.4) is 0 Å². The number of rotatable bonds is 4. The Balaban J connectivity index is 1.67. The fraction of sp³-hybridized carbons (Fsp3) is 0.368. The van der Waals surface area contributed by atoms with Crippen molar-refractivity contribution in [2.45, 2.75) is 31.8 Å². The van der Waals surface area contributed by atoms with Gasteiger partial charge in [-0.25, -0.2) is 4.79 Å². The van der Waals surface area contributed by atoms with Crippen LogP contribution >= 0.6 is 0 Å². The number of H-pyrrole nitrogens is 1. The topological polar surface area (TPSA) is 85.4 Å². The number of hydrogen-bond donors (Lipinski definition) is 3. The van der Waals surface area contributed by atoms with E-state index >= 15 is 0 Å². The van der Waals surface area contributed by atoms with Crippen LogP contribution in [-0.2, 0) is 6.42 Å². The van der Waals surface area contributed by atoms with E-state index in [-0.39, 0.29) is 5.56 Å². The van der Waals surface area contributed by atoms with Crippen LogP contribution in [0, 0.1) is 0 Å². The molecule has 0 aliphatic carbocycles. The monoisotopic (exact) mass is 339 g/mol. The number of carboxylic acids is 1. The Hall–Kier alpha value is -2.60. The smallest absolute Gasteiger partial charge is 0.341 e. The Morgan fingerprint density at radius 2 is 2.08 bits per heavy atom. The summed E-state index contributed by atoms with van der Waals surface area (Å²) in [7, 11) is 0. The van der Waals surface area contributed by atoms with Gasteiger partial charge in [-0.2, -0.15) is 0 Å². The maximum atomic E-state index is 12.0. The number of pyridine rings is 1. The molecule has 1 aromatic heterocycles. The first-order chi connectivity index (χ1) is 12.1. The molecule has 2 atom stereocenters. The summed E-state index contributed by atoms with van der Waals surface area (Å²) in [6.07, 6.45) is 1.85. The number of hydrogen-bond acceptors (Lipinski definition) is 4. The van der Waals surface area contributed by atoms with Crippen molar-refractivity contribution in [3.05, 3.63) is 51.8 Å². The zero-order valence-electron chi connectivity index (χ0n) is 14.1. The Labute approximate surface area is 145 Å². The van der Waals surface area contributed by atoms with Crippen molar-refractivity contribution in [3.8, 4) is 11.3 Å². The molecule has 2 unspecified atom stereocenters. The zero-order chi connectivity index (χ0) is 17.6. The van der Waals surface area contributed by atoms with Crippen LogP contribution in [0.1, 0.15) is 29.3 Å². The number of aromatic carboxylic acids is 1. The average Bonchev–Trinajstić information content (AvgIpc) is 3.24. The van der Waals surface area contributed by atoms with E-state index in [1.807, 2.05) is 19.1 Å². The Kier molecular flexibility index (Phi) is 3.84. The van der Waals surface area contributed by atoms with E-state index < -0.39 is 11.5 Å². The maximum Gasteiger partial charge on any atom is 0.341 e. The number of nitrogens with one attached hydrogen (secondary N) is 2. The zero-order valence-corrected chi connectivity index (χ0v) is 14.1. The quantitative estimate of drug-likeness (QED) is 0.792. The van der Waals surface area contributed by atoms with Crippen molar-refractivity contribution >= 4 is 11.7 Å². The van der Waals surface area contributed by atoms with Crippen LogP contribution in [-0.4, -0.2) is 41.2 Å². The third kappa shape index (κ3) is 2.72. The van der Waals surface area contributed by atoms with Crippen LogP contribution in [0.2, 0.25) is 0 Å². The summed E-state index contributed by atoms with van der Waals surface area (Å²) >= 11 is 0. The second kappa shape index (κ2) is 6.04. The lowest BCUT2D eigenvalue weighted by Crippen LogP contribution is -2.43. The van der Waals surface area contributed by atoms with E-state index in [2.05, 4.69) is 27.3 Å². The van der Waals surface area contributed by atoms with E-state index in [0.717, 1.165) is 24.2 Å². The fourth-order valence-corrected chi connectivity index (χ4v) is 3.96. The molecule has 25 heavy (non-hydrogen) atoms. The second-order valence-electron chi connectivity index (χ2n) is 6.77. The normalized spacial score (nSPS) is 21.7. The van der Waals surface area contributed by atoms with E-state index in [1.54, 1.807) is 0 Å². The molecule has 2 aliphatic heterocycles. The molecular weight excluding hydrogens is 318 g/mol. The minimum Gasteiger partial charge on any atom is -0.477 e.